The van der Waals surface area contributed by atoms with Crippen molar-refractivity contribution in [2.75, 3.05) is 74.2 Å². The van der Waals surface area contributed by atoms with E-state index < -0.39 is 0 Å². The van der Waals surface area contributed by atoms with Gasteiger partial charge in [0.2, 0.25) is 0 Å². The number of nitrogens with one attached hydrogen (secondary N) is 1. The van der Waals surface area contributed by atoms with Crippen molar-refractivity contribution in [2.24, 2.45) is 0 Å². The van der Waals surface area contributed by atoms with Crippen LogP contribution in [0.25, 0.3) is 0 Å². The Balaban J connectivity index is 1.53. The molecule has 2 aromatic rings. The van der Waals surface area contributed by atoms with Crippen LogP contribution in [0.2, 0.25) is 0 Å². The first-order chi connectivity index (χ1) is 14.2. The lowest BCUT2D eigenvalue weighted by Crippen LogP contribution is -2.47. The molecule has 6 nitrogen and oxygen atoms in total. The Kier molecular flexibility index (Phi) is 5.77. The van der Waals surface area contributed by atoms with Crippen LogP contribution in [0.5, 0.6) is 5.75 Å². The molecule has 152 valence electrons. The van der Waals surface area contributed by atoms with Gasteiger partial charge in [-0.1, -0.05) is 0 Å². The second-order valence-corrected chi connectivity index (χ2v) is 7.63. The third-order valence-corrected chi connectivity index (χ3v) is 6.01. The zero-order valence-electron chi connectivity index (χ0n) is 17.3. The summed E-state index contributed by atoms with van der Waals surface area (Å²) in [5.74, 6) is 0.881. The minimum Gasteiger partial charge on any atom is -0.497 e. The number of benzene rings is 2. The normalized spacial score (nSPS) is 17.2. The van der Waals surface area contributed by atoms with E-state index in [1.54, 1.807) is 7.11 Å². The quantitative estimate of drug-likeness (QED) is 0.865. The predicted molar refractivity (Wildman–Crippen MR) is 118 cm³/mol. The summed E-state index contributed by atoms with van der Waals surface area (Å²) in [4.78, 5) is 7.22. The van der Waals surface area contributed by atoms with Gasteiger partial charge in [0.25, 0.3) is 0 Å². The Morgan fingerprint density at radius 3 is 2.14 bits per heavy atom. The van der Waals surface area contributed by atoms with Crippen LogP contribution in [0.3, 0.4) is 0 Å². The van der Waals surface area contributed by atoms with Gasteiger partial charge in [-0.2, -0.15) is 5.26 Å². The second kappa shape index (κ2) is 8.62. The fraction of sp³-hybridized carbons (Fsp3) is 0.435. The molecule has 1 N–H and O–H groups in total. The third-order valence-electron chi connectivity index (χ3n) is 6.01. The molecule has 2 aliphatic rings. The lowest BCUT2D eigenvalue weighted by molar-refractivity contribution is 0.415. The third kappa shape index (κ3) is 3.96. The van der Waals surface area contributed by atoms with Crippen LogP contribution in [0.4, 0.5) is 17.1 Å². The Labute approximate surface area is 173 Å². The molecule has 0 radical (unpaired) electrons. The van der Waals surface area contributed by atoms with Gasteiger partial charge < -0.3 is 24.8 Å². The van der Waals surface area contributed by atoms with Gasteiger partial charge >= 0.3 is 0 Å². The zero-order chi connectivity index (χ0) is 20.2. The number of hydrogen-bond acceptors (Lipinski definition) is 6. The second-order valence-electron chi connectivity index (χ2n) is 7.63. The molecule has 0 aromatic heterocycles. The van der Waals surface area contributed by atoms with Crippen LogP contribution in [0.15, 0.2) is 36.4 Å². The molecule has 0 atom stereocenters. The fourth-order valence-electron chi connectivity index (χ4n) is 4.42. The first kappa shape index (κ1) is 19.4. The number of methoxy groups -OCH3 is 1. The van der Waals surface area contributed by atoms with E-state index in [1.165, 1.54) is 16.9 Å². The van der Waals surface area contributed by atoms with Crippen LogP contribution in [-0.4, -0.2) is 59.5 Å². The minimum absolute atomic E-state index is 0.777. The van der Waals surface area contributed by atoms with Gasteiger partial charge in [-0.05, 0) is 48.9 Å². The monoisotopic (exact) mass is 391 g/mol. The van der Waals surface area contributed by atoms with E-state index in [0.717, 1.165) is 69.4 Å². The molecule has 0 spiro atoms. The van der Waals surface area contributed by atoms with E-state index in [4.69, 9.17) is 4.74 Å². The van der Waals surface area contributed by atoms with E-state index in [-0.39, 0.29) is 0 Å². The van der Waals surface area contributed by atoms with Crippen molar-refractivity contribution in [1.82, 2.24) is 5.32 Å². The maximum atomic E-state index is 9.73. The highest BCUT2D eigenvalue weighted by molar-refractivity contribution is 5.74. The standard InChI is InChI=1S/C23H29N5O/c1-18-22(27-11-9-25-10-12-27)8-3-19(17-24)23(18)28-15-13-26(14-16-28)20-4-6-21(29-2)7-5-20/h3-8,25H,9-16H2,1-2H3. The topological polar surface area (TPSA) is 54.8 Å². The smallest absolute Gasteiger partial charge is 0.119 e. The van der Waals surface area contributed by atoms with Crippen LogP contribution < -0.4 is 24.8 Å². The van der Waals surface area contributed by atoms with E-state index in [2.05, 4.69) is 51.2 Å². The summed E-state index contributed by atoms with van der Waals surface area (Å²) >= 11 is 0. The Morgan fingerprint density at radius 1 is 0.862 bits per heavy atom. The molecule has 2 aromatic carbocycles. The number of piperazine rings is 2. The summed E-state index contributed by atoms with van der Waals surface area (Å²) in [6, 6.07) is 14.8. The maximum Gasteiger partial charge on any atom is 0.119 e. The molecule has 6 heteroatoms. The summed E-state index contributed by atoms with van der Waals surface area (Å²) < 4.78 is 5.27. The molecule has 2 fully saturated rings. The van der Waals surface area contributed by atoms with E-state index in [0.29, 0.717) is 0 Å². The SMILES string of the molecule is COc1ccc(N2CCN(c3c(C#N)ccc(N4CCNCC4)c3C)CC2)cc1. The fourth-order valence-corrected chi connectivity index (χ4v) is 4.42. The van der Waals surface area contributed by atoms with Gasteiger partial charge in [0.1, 0.15) is 11.8 Å². The summed E-state index contributed by atoms with van der Waals surface area (Å²) in [6.45, 7) is 9.91. The van der Waals surface area contributed by atoms with Crippen molar-refractivity contribution in [3.8, 4) is 11.8 Å². The molecule has 4 rings (SSSR count). The molecule has 2 heterocycles. The van der Waals surface area contributed by atoms with Crippen molar-refractivity contribution in [3.05, 3.63) is 47.5 Å². The average Bonchev–Trinajstić information content (AvgIpc) is 2.79. The van der Waals surface area contributed by atoms with Gasteiger partial charge in [0.15, 0.2) is 0 Å². The number of hydrogen-bond donors (Lipinski definition) is 1. The predicted octanol–water partition coefficient (Wildman–Crippen LogP) is 2.61. The summed E-state index contributed by atoms with van der Waals surface area (Å²) in [5.41, 5.74) is 5.59. The molecule has 0 unspecified atom stereocenters. The van der Waals surface area contributed by atoms with Crippen molar-refractivity contribution >= 4 is 17.1 Å². The molecule has 2 aliphatic heterocycles. The Morgan fingerprint density at radius 2 is 1.52 bits per heavy atom. The molecule has 0 bridgehead atoms. The van der Waals surface area contributed by atoms with Gasteiger partial charge in [0.05, 0.1) is 18.4 Å². The highest BCUT2D eigenvalue weighted by Crippen LogP contribution is 2.34. The first-order valence-electron chi connectivity index (χ1n) is 10.3. The summed E-state index contributed by atoms with van der Waals surface area (Å²) in [7, 11) is 1.69. The molecular weight excluding hydrogens is 362 g/mol. The van der Waals surface area contributed by atoms with Crippen LogP contribution in [-0.2, 0) is 0 Å². The largest absolute Gasteiger partial charge is 0.497 e. The van der Waals surface area contributed by atoms with Crippen LogP contribution >= 0.6 is 0 Å². The minimum atomic E-state index is 0.777. The molecule has 2 saturated heterocycles. The van der Waals surface area contributed by atoms with Gasteiger partial charge in [-0.25, -0.2) is 0 Å². The lowest BCUT2D eigenvalue weighted by atomic mass is 10.0. The van der Waals surface area contributed by atoms with Gasteiger partial charge in [-0.3, -0.25) is 0 Å². The number of nitrogens with zero attached hydrogens (tertiary/aromatic N) is 4. The lowest BCUT2D eigenvalue weighted by Gasteiger charge is -2.39. The number of anilines is 3. The van der Waals surface area contributed by atoms with Crippen molar-refractivity contribution < 1.29 is 4.74 Å². The van der Waals surface area contributed by atoms with Crippen LogP contribution in [0.1, 0.15) is 11.1 Å². The zero-order valence-corrected chi connectivity index (χ0v) is 17.3. The highest BCUT2D eigenvalue weighted by atomic mass is 16.5. The molecule has 0 amide bonds. The van der Waals surface area contributed by atoms with Crippen molar-refractivity contribution in [2.45, 2.75) is 6.92 Å². The molecule has 29 heavy (non-hydrogen) atoms. The number of ether oxygens (including phenoxy) is 1. The molecular formula is C23H29N5O. The van der Waals surface area contributed by atoms with E-state index in [1.807, 2.05) is 18.2 Å². The Hall–Kier alpha value is -2.91. The molecule has 0 saturated carbocycles. The Bertz CT molecular complexity index is 875. The van der Waals surface area contributed by atoms with Crippen molar-refractivity contribution in [3.63, 3.8) is 0 Å². The van der Waals surface area contributed by atoms with E-state index in [9.17, 15) is 5.26 Å². The average molecular weight is 392 g/mol. The first-order valence-corrected chi connectivity index (χ1v) is 10.3. The number of rotatable bonds is 4. The summed E-state index contributed by atoms with van der Waals surface area (Å²) in [5, 5.41) is 13.1. The van der Waals surface area contributed by atoms with Gasteiger partial charge in [-0.15, -0.1) is 0 Å². The maximum absolute atomic E-state index is 9.73. The number of nitriles is 1. The highest BCUT2D eigenvalue weighted by Gasteiger charge is 2.24. The van der Waals surface area contributed by atoms with Gasteiger partial charge in [0, 0.05) is 63.7 Å². The summed E-state index contributed by atoms with van der Waals surface area (Å²) in [6.07, 6.45) is 0. The van der Waals surface area contributed by atoms with E-state index >= 15 is 0 Å². The van der Waals surface area contributed by atoms with Crippen molar-refractivity contribution in [1.29, 1.82) is 5.26 Å². The van der Waals surface area contributed by atoms with Crippen LogP contribution in [0, 0.1) is 18.3 Å². The molecule has 0 aliphatic carbocycles.